The Bertz CT molecular complexity index is 270. The van der Waals surface area contributed by atoms with Crippen molar-refractivity contribution in [2.75, 3.05) is 19.8 Å². The fraction of sp³-hybridized carbons (Fsp3) is 0.923. The van der Waals surface area contributed by atoms with Crippen LogP contribution >= 0.6 is 0 Å². The van der Waals surface area contributed by atoms with E-state index in [1.54, 1.807) is 0 Å². The van der Waals surface area contributed by atoms with Crippen LogP contribution in [0.25, 0.3) is 0 Å². The Kier molecular flexibility index (Phi) is 4.05. The summed E-state index contributed by atoms with van der Waals surface area (Å²) >= 11 is 0. The molecule has 0 aromatic carbocycles. The maximum Gasteiger partial charge on any atom is 0.223 e. The maximum atomic E-state index is 11.7. The lowest BCUT2D eigenvalue weighted by molar-refractivity contribution is -0.154. The number of rotatable bonds is 5. The summed E-state index contributed by atoms with van der Waals surface area (Å²) in [7, 11) is 0. The van der Waals surface area contributed by atoms with E-state index in [2.05, 4.69) is 12.2 Å². The summed E-state index contributed by atoms with van der Waals surface area (Å²) in [6, 6.07) is 0. The minimum atomic E-state index is -0.444. The number of amides is 1. The molecule has 1 amide bonds. The summed E-state index contributed by atoms with van der Waals surface area (Å²) in [6.07, 6.45) is 4.15. The standard InChI is InChI=1S/C13H23NO3/c1-10(8-13(2)16-6-7-17-13)9-14-12(15)11-4-3-5-11/h10-11H,3-9H2,1-2H3,(H,14,15). The molecule has 1 aliphatic heterocycles. The Hall–Kier alpha value is -0.610. The van der Waals surface area contributed by atoms with Crippen molar-refractivity contribution in [3.8, 4) is 0 Å². The molecule has 1 unspecified atom stereocenters. The summed E-state index contributed by atoms with van der Waals surface area (Å²) in [5.74, 6) is 0.432. The minimum Gasteiger partial charge on any atom is -0.356 e. The summed E-state index contributed by atoms with van der Waals surface area (Å²) < 4.78 is 11.1. The number of carbonyl (C=O) groups excluding carboxylic acids is 1. The molecule has 2 aliphatic rings. The number of hydrogen-bond donors (Lipinski definition) is 1. The van der Waals surface area contributed by atoms with Crippen molar-refractivity contribution in [3.05, 3.63) is 0 Å². The highest BCUT2D eigenvalue weighted by atomic mass is 16.7. The molecule has 0 spiro atoms. The average molecular weight is 241 g/mol. The molecule has 1 atom stereocenters. The molecule has 2 rings (SSSR count). The number of nitrogens with one attached hydrogen (secondary N) is 1. The van der Waals surface area contributed by atoms with Crippen LogP contribution in [-0.4, -0.2) is 31.5 Å². The van der Waals surface area contributed by atoms with Crippen molar-refractivity contribution < 1.29 is 14.3 Å². The van der Waals surface area contributed by atoms with Gasteiger partial charge in [0.1, 0.15) is 0 Å². The Morgan fingerprint density at radius 3 is 2.59 bits per heavy atom. The van der Waals surface area contributed by atoms with Gasteiger partial charge in [-0.2, -0.15) is 0 Å². The molecule has 2 fully saturated rings. The van der Waals surface area contributed by atoms with E-state index in [0.717, 1.165) is 25.8 Å². The lowest BCUT2D eigenvalue weighted by Crippen LogP contribution is -2.38. The van der Waals surface area contributed by atoms with E-state index in [9.17, 15) is 4.79 Å². The molecule has 0 aromatic heterocycles. The maximum absolute atomic E-state index is 11.7. The van der Waals surface area contributed by atoms with Gasteiger partial charge in [0.15, 0.2) is 5.79 Å². The molecule has 0 radical (unpaired) electrons. The first-order valence-electron chi connectivity index (χ1n) is 6.65. The van der Waals surface area contributed by atoms with Crippen molar-refractivity contribution in [2.45, 2.75) is 45.3 Å². The van der Waals surface area contributed by atoms with Crippen LogP contribution in [0, 0.1) is 11.8 Å². The van der Waals surface area contributed by atoms with Crippen LogP contribution in [0.3, 0.4) is 0 Å². The van der Waals surface area contributed by atoms with E-state index in [0.29, 0.717) is 19.1 Å². The third-order valence-corrected chi connectivity index (χ3v) is 3.72. The molecular weight excluding hydrogens is 218 g/mol. The Morgan fingerprint density at radius 2 is 2.06 bits per heavy atom. The van der Waals surface area contributed by atoms with E-state index >= 15 is 0 Å². The minimum absolute atomic E-state index is 0.224. The first kappa shape index (κ1) is 12.8. The van der Waals surface area contributed by atoms with Gasteiger partial charge in [-0.15, -0.1) is 0 Å². The van der Waals surface area contributed by atoms with Gasteiger partial charge in [-0.1, -0.05) is 13.3 Å². The van der Waals surface area contributed by atoms with Crippen molar-refractivity contribution in [1.82, 2.24) is 5.32 Å². The lowest BCUT2D eigenvalue weighted by atomic mass is 9.84. The fourth-order valence-electron chi connectivity index (χ4n) is 2.47. The molecule has 1 saturated heterocycles. The first-order chi connectivity index (χ1) is 8.09. The smallest absolute Gasteiger partial charge is 0.223 e. The molecule has 4 nitrogen and oxygen atoms in total. The average Bonchev–Trinajstić information content (AvgIpc) is 2.59. The van der Waals surface area contributed by atoms with Gasteiger partial charge in [-0.3, -0.25) is 4.79 Å². The molecule has 1 N–H and O–H groups in total. The molecule has 17 heavy (non-hydrogen) atoms. The van der Waals surface area contributed by atoms with Crippen molar-refractivity contribution >= 4 is 5.91 Å². The quantitative estimate of drug-likeness (QED) is 0.797. The number of ether oxygens (including phenoxy) is 2. The highest BCUT2D eigenvalue weighted by Gasteiger charge is 2.33. The van der Waals surface area contributed by atoms with E-state index in [1.165, 1.54) is 6.42 Å². The monoisotopic (exact) mass is 241 g/mol. The largest absolute Gasteiger partial charge is 0.356 e. The van der Waals surface area contributed by atoms with Gasteiger partial charge in [-0.25, -0.2) is 0 Å². The zero-order valence-electron chi connectivity index (χ0n) is 10.8. The SMILES string of the molecule is CC(CNC(=O)C1CCC1)CC1(C)OCCO1. The van der Waals surface area contributed by atoms with E-state index < -0.39 is 5.79 Å². The van der Waals surface area contributed by atoms with E-state index in [-0.39, 0.29) is 11.8 Å². The Labute approximate surface area is 103 Å². The van der Waals surface area contributed by atoms with Crippen molar-refractivity contribution in [1.29, 1.82) is 0 Å². The molecule has 1 saturated carbocycles. The van der Waals surface area contributed by atoms with Crippen LogP contribution < -0.4 is 5.32 Å². The van der Waals surface area contributed by atoms with Gasteiger partial charge in [0.25, 0.3) is 0 Å². The Balaban J connectivity index is 1.66. The van der Waals surface area contributed by atoms with Crippen molar-refractivity contribution in [3.63, 3.8) is 0 Å². The third kappa shape index (κ3) is 3.42. The van der Waals surface area contributed by atoms with Crippen LogP contribution in [-0.2, 0) is 14.3 Å². The zero-order chi connectivity index (χ0) is 12.3. The number of carbonyl (C=O) groups is 1. The molecule has 98 valence electrons. The highest BCUT2D eigenvalue weighted by Crippen LogP contribution is 2.28. The van der Waals surface area contributed by atoms with E-state index in [4.69, 9.17) is 9.47 Å². The Morgan fingerprint density at radius 1 is 1.41 bits per heavy atom. The molecule has 4 heteroatoms. The van der Waals surface area contributed by atoms with E-state index in [1.807, 2.05) is 6.92 Å². The predicted octanol–water partition coefficient (Wildman–Crippen LogP) is 1.69. The summed E-state index contributed by atoms with van der Waals surface area (Å²) in [4.78, 5) is 11.7. The summed E-state index contributed by atoms with van der Waals surface area (Å²) in [5.41, 5.74) is 0. The van der Waals surface area contributed by atoms with Crippen molar-refractivity contribution in [2.24, 2.45) is 11.8 Å². The van der Waals surface area contributed by atoms with Gasteiger partial charge in [-0.05, 0) is 25.7 Å². The van der Waals surface area contributed by atoms with Gasteiger partial charge in [0, 0.05) is 18.9 Å². The second kappa shape index (κ2) is 5.36. The molecule has 0 bridgehead atoms. The molecule has 0 aromatic rings. The zero-order valence-corrected chi connectivity index (χ0v) is 10.8. The van der Waals surface area contributed by atoms with Crippen LogP contribution in [0.2, 0.25) is 0 Å². The van der Waals surface area contributed by atoms with Crippen LogP contribution in [0.15, 0.2) is 0 Å². The number of hydrogen-bond acceptors (Lipinski definition) is 3. The highest BCUT2D eigenvalue weighted by molar-refractivity contribution is 5.79. The summed E-state index contributed by atoms with van der Waals surface area (Å²) in [5, 5.41) is 3.03. The predicted molar refractivity (Wildman–Crippen MR) is 64.4 cm³/mol. The summed E-state index contributed by atoms with van der Waals surface area (Å²) in [6.45, 7) is 6.18. The second-order valence-corrected chi connectivity index (χ2v) is 5.51. The van der Waals surface area contributed by atoms with Gasteiger partial charge < -0.3 is 14.8 Å². The van der Waals surface area contributed by atoms with Gasteiger partial charge >= 0.3 is 0 Å². The third-order valence-electron chi connectivity index (χ3n) is 3.72. The first-order valence-corrected chi connectivity index (χ1v) is 6.65. The van der Waals surface area contributed by atoms with Gasteiger partial charge in [0.2, 0.25) is 5.91 Å². The molecule has 1 heterocycles. The van der Waals surface area contributed by atoms with Crippen LogP contribution in [0.4, 0.5) is 0 Å². The lowest BCUT2D eigenvalue weighted by Gasteiger charge is -2.28. The second-order valence-electron chi connectivity index (χ2n) is 5.51. The fourth-order valence-corrected chi connectivity index (χ4v) is 2.47. The van der Waals surface area contributed by atoms with Crippen LogP contribution in [0.5, 0.6) is 0 Å². The van der Waals surface area contributed by atoms with Gasteiger partial charge in [0.05, 0.1) is 13.2 Å². The normalized spacial score (nSPS) is 25.3. The molecule has 1 aliphatic carbocycles. The molecular formula is C13H23NO3. The topological polar surface area (TPSA) is 47.6 Å². The van der Waals surface area contributed by atoms with Crippen LogP contribution in [0.1, 0.15) is 39.5 Å².